The summed E-state index contributed by atoms with van der Waals surface area (Å²) < 4.78 is 26.6. The lowest BCUT2D eigenvalue weighted by molar-refractivity contribution is -0.117. The zero-order valence-electron chi connectivity index (χ0n) is 13.7. The number of hydrogen-bond acceptors (Lipinski definition) is 4. The molecule has 0 aromatic heterocycles. The van der Waals surface area contributed by atoms with E-state index in [0.717, 1.165) is 18.4 Å². The Morgan fingerprint density at radius 3 is 2.36 bits per heavy atom. The fraction of sp³-hybridized carbons (Fsp3) is 0.222. The van der Waals surface area contributed by atoms with Crippen molar-refractivity contribution in [3.63, 3.8) is 0 Å². The first-order valence-electron chi connectivity index (χ1n) is 7.90. The van der Waals surface area contributed by atoms with Crippen LogP contribution in [0.2, 0.25) is 0 Å². The second-order valence-electron chi connectivity index (χ2n) is 6.09. The van der Waals surface area contributed by atoms with Gasteiger partial charge in [-0.3, -0.25) is 9.59 Å². The van der Waals surface area contributed by atoms with E-state index in [1.54, 1.807) is 24.3 Å². The minimum absolute atomic E-state index is 0.0182. The highest BCUT2D eigenvalue weighted by Crippen LogP contribution is 2.30. The third kappa shape index (κ3) is 4.24. The number of benzene rings is 2. The van der Waals surface area contributed by atoms with Crippen molar-refractivity contribution >= 4 is 27.5 Å². The number of aryl methyl sites for hydroxylation is 1. The topological polar surface area (TPSA) is 92.3 Å². The van der Waals surface area contributed by atoms with Gasteiger partial charge in [-0.1, -0.05) is 23.8 Å². The van der Waals surface area contributed by atoms with Crippen molar-refractivity contribution in [1.82, 2.24) is 4.72 Å². The van der Waals surface area contributed by atoms with E-state index in [-0.39, 0.29) is 22.3 Å². The van der Waals surface area contributed by atoms with E-state index in [9.17, 15) is 18.0 Å². The lowest BCUT2D eigenvalue weighted by Crippen LogP contribution is -2.30. The Balaban J connectivity index is 1.74. The largest absolute Gasteiger partial charge is 0.326 e. The van der Waals surface area contributed by atoms with Crippen molar-refractivity contribution in [2.75, 3.05) is 5.32 Å². The maximum absolute atomic E-state index is 12.3. The monoisotopic (exact) mass is 358 g/mol. The van der Waals surface area contributed by atoms with Crippen LogP contribution in [0.4, 0.5) is 5.69 Å². The van der Waals surface area contributed by atoms with Crippen LogP contribution in [0, 0.1) is 12.8 Å². The van der Waals surface area contributed by atoms with Gasteiger partial charge in [0.25, 0.3) is 15.9 Å². The van der Waals surface area contributed by atoms with Gasteiger partial charge in [-0.05, 0) is 50.1 Å². The van der Waals surface area contributed by atoms with E-state index in [2.05, 4.69) is 5.32 Å². The highest BCUT2D eigenvalue weighted by Gasteiger charge is 2.29. The van der Waals surface area contributed by atoms with Gasteiger partial charge < -0.3 is 5.32 Å². The zero-order valence-corrected chi connectivity index (χ0v) is 14.5. The standard InChI is InChI=1S/C18H18N2O4S/c1-12-5-9-16(10-6-12)25(23,24)20-18(22)14-3-2-4-15(11-14)19-17(21)13-7-8-13/h2-6,9-11,13H,7-8H2,1H3,(H,19,21)(H,20,22). The molecule has 0 radical (unpaired) electrons. The predicted octanol–water partition coefficient (Wildman–Crippen LogP) is 2.46. The van der Waals surface area contributed by atoms with Crippen LogP contribution < -0.4 is 10.0 Å². The summed E-state index contributed by atoms with van der Waals surface area (Å²) in [5.41, 5.74) is 1.55. The maximum atomic E-state index is 12.3. The highest BCUT2D eigenvalue weighted by atomic mass is 32.2. The maximum Gasteiger partial charge on any atom is 0.265 e. The summed E-state index contributed by atoms with van der Waals surface area (Å²) in [4.78, 5) is 24.1. The third-order valence-electron chi connectivity index (χ3n) is 3.90. The van der Waals surface area contributed by atoms with Crippen molar-refractivity contribution < 1.29 is 18.0 Å². The molecule has 2 N–H and O–H groups in total. The van der Waals surface area contributed by atoms with E-state index in [1.807, 2.05) is 11.6 Å². The number of nitrogens with one attached hydrogen (secondary N) is 2. The molecule has 0 atom stereocenters. The van der Waals surface area contributed by atoms with E-state index in [1.165, 1.54) is 24.3 Å². The van der Waals surface area contributed by atoms with Gasteiger partial charge in [0.05, 0.1) is 4.90 Å². The number of anilines is 1. The average Bonchev–Trinajstić information content (AvgIpc) is 3.40. The molecule has 2 aromatic rings. The number of carbonyl (C=O) groups excluding carboxylic acids is 2. The molecule has 7 heteroatoms. The van der Waals surface area contributed by atoms with Gasteiger partial charge in [0.15, 0.2) is 0 Å². The number of carbonyl (C=O) groups is 2. The van der Waals surface area contributed by atoms with Gasteiger partial charge >= 0.3 is 0 Å². The van der Waals surface area contributed by atoms with E-state index in [4.69, 9.17) is 0 Å². The summed E-state index contributed by atoms with van der Waals surface area (Å²) in [6.45, 7) is 1.84. The molecule has 0 bridgehead atoms. The molecular formula is C18H18N2O4S. The average molecular weight is 358 g/mol. The minimum Gasteiger partial charge on any atom is -0.326 e. The van der Waals surface area contributed by atoms with E-state index in [0.29, 0.717) is 5.69 Å². The van der Waals surface area contributed by atoms with Crippen molar-refractivity contribution in [1.29, 1.82) is 0 Å². The second-order valence-corrected chi connectivity index (χ2v) is 7.77. The van der Waals surface area contributed by atoms with Crippen LogP contribution in [0.1, 0.15) is 28.8 Å². The number of amides is 2. The van der Waals surface area contributed by atoms with Gasteiger partial charge in [-0.25, -0.2) is 13.1 Å². The SMILES string of the molecule is Cc1ccc(S(=O)(=O)NC(=O)c2cccc(NC(=O)C3CC3)c2)cc1. The number of rotatable bonds is 5. The Kier molecular flexibility index (Phi) is 4.59. The Bertz CT molecular complexity index is 916. The summed E-state index contributed by atoms with van der Waals surface area (Å²) in [6.07, 6.45) is 1.75. The summed E-state index contributed by atoms with van der Waals surface area (Å²) >= 11 is 0. The Morgan fingerprint density at radius 1 is 1.04 bits per heavy atom. The molecule has 25 heavy (non-hydrogen) atoms. The van der Waals surface area contributed by atoms with Crippen LogP contribution in [0.25, 0.3) is 0 Å². The second kappa shape index (κ2) is 6.68. The van der Waals surface area contributed by atoms with Crippen molar-refractivity contribution in [2.24, 2.45) is 5.92 Å². The zero-order chi connectivity index (χ0) is 18.0. The lowest BCUT2D eigenvalue weighted by atomic mass is 10.2. The first-order chi connectivity index (χ1) is 11.8. The lowest BCUT2D eigenvalue weighted by Gasteiger charge is -2.09. The Morgan fingerprint density at radius 2 is 1.72 bits per heavy atom. The minimum atomic E-state index is -3.95. The van der Waals surface area contributed by atoms with Crippen molar-refractivity contribution in [3.05, 3.63) is 59.7 Å². The molecule has 1 fully saturated rings. The number of hydrogen-bond donors (Lipinski definition) is 2. The van der Waals surface area contributed by atoms with Gasteiger partial charge in [0.2, 0.25) is 5.91 Å². The summed E-state index contributed by atoms with van der Waals surface area (Å²) in [5.74, 6) is -0.785. The van der Waals surface area contributed by atoms with Crippen LogP contribution in [-0.2, 0) is 14.8 Å². The molecule has 0 heterocycles. The molecule has 1 saturated carbocycles. The van der Waals surface area contributed by atoms with Crippen LogP contribution in [0.5, 0.6) is 0 Å². The van der Waals surface area contributed by atoms with Gasteiger partial charge in [-0.15, -0.1) is 0 Å². The fourth-order valence-corrected chi connectivity index (χ4v) is 3.26. The molecule has 1 aliphatic carbocycles. The van der Waals surface area contributed by atoms with Crippen LogP contribution in [-0.4, -0.2) is 20.2 Å². The first-order valence-corrected chi connectivity index (χ1v) is 9.38. The molecule has 2 amide bonds. The Labute approximate surface area is 146 Å². The van der Waals surface area contributed by atoms with Crippen LogP contribution in [0.3, 0.4) is 0 Å². The quantitative estimate of drug-likeness (QED) is 0.859. The molecular weight excluding hydrogens is 340 g/mol. The normalized spacial score (nSPS) is 14.0. The molecule has 1 aliphatic rings. The fourth-order valence-electron chi connectivity index (χ4n) is 2.29. The van der Waals surface area contributed by atoms with E-state index < -0.39 is 15.9 Å². The predicted molar refractivity (Wildman–Crippen MR) is 93.6 cm³/mol. The molecule has 0 aliphatic heterocycles. The summed E-state index contributed by atoms with van der Waals surface area (Å²) in [7, 11) is -3.95. The highest BCUT2D eigenvalue weighted by molar-refractivity contribution is 7.90. The first kappa shape index (κ1) is 17.2. The van der Waals surface area contributed by atoms with Gasteiger partial charge in [0, 0.05) is 17.2 Å². The summed E-state index contributed by atoms with van der Waals surface area (Å²) in [5, 5.41) is 2.73. The van der Waals surface area contributed by atoms with Crippen LogP contribution >= 0.6 is 0 Å². The van der Waals surface area contributed by atoms with Crippen molar-refractivity contribution in [2.45, 2.75) is 24.7 Å². The molecule has 6 nitrogen and oxygen atoms in total. The molecule has 0 unspecified atom stereocenters. The Hall–Kier alpha value is -2.67. The third-order valence-corrected chi connectivity index (χ3v) is 5.25. The molecule has 0 spiro atoms. The van der Waals surface area contributed by atoms with Gasteiger partial charge in [-0.2, -0.15) is 0 Å². The van der Waals surface area contributed by atoms with Crippen molar-refractivity contribution in [3.8, 4) is 0 Å². The molecule has 130 valence electrons. The van der Waals surface area contributed by atoms with Crippen LogP contribution in [0.15, 0.2) is 53.4 Å². The number of sulfonamides is 1. The smallest absolute Gasteiger partial charge is 0.265 e. The van der Waals surface area contributed by atoms with Gasteiger partial charge in [0.1, 0.15) is 0 Å². The summed E-state index contributed by atoms with van der Waals surface area (Å²) in [6, 6.07) is 12.4. The molecule has 3 rings (SSSR count). The van der Waals surface area contributed by atoms with E-state index >= 15 is 0 Å². The molecule has 2 aromatic carbocycles. The molecule has 0 saturated heterocycles.